The summed E-state index contributed by atoms with van der Waals surface area (Å²) in [7, 11) is 3.50. The second-order valence-electron chi connectivity index (χ2n) is 2.18. The predicted molar refractivity (Wildman–Crippen MR) is 48.3 cm³/mol. The van der Waals surface area contributed by atoms with E-state index in [-0.39, 0.29) is 5.91 Å². The first-order valence-electron chi connectivity index (χ1n) is 4.08. The fourth-order valence-electron chi connectivity index (χ4n) is 0.477. The quantitative estimate of drug-likeness (QED) is 0.665. The molecule has 0 aliphatic rings. The van der Waals surface area contributed by atoms with Crippen LogP contribution in [0.5, 0.6) is 0 Å². The molecule has 0 atom stereocenters. The normalized spacial score (nSPS) is 8.09. The lowest BCUT2D eigenvalue weighted by Crippen LogP contribution is -2.22. The van der Waals surface area contributed by atoms with Crippen LogP contribution >= 0.6 is 0 Å². The zero-order valence-electron chi connectivity index (χ0n) is 8.05. The largest absolute Gasteiger partial charge is 0.349 e. The summed E-state index contributed by atoms with van der Waals surface area (Å²) in [6.45, 7) is 4.60. The molecule has 0 aromatic rings. The van der Waals surface area contributed by atoms with E-state index in [2.05, 4.69) is 0 Å². The van der Waals surface area contributed by atoms with E-state index in [4.69, 9.17) is 5.73 Å². The number of carbonyl (C=O) groups is 1. The molecule has 0 saturated carbocycles. The molecule has 0 spiro atoms. The maximum absolute atomic E-state index is 10.8. The van der Waals surface area contributed by atoms with Crippen molar-refractivity contribution >= 4 is 5.91 Å². The smallest absolute Gasteiger partial charge is 0.222 e. The molecule has 0 saturated heterocycles. The first-order chi connectivity index (χ1) is 5.18. The highest BCUT2D eigenvalue weighted by molar-refractivity contribution is 5.75. The average Bonchev–Trinajstić information content (AvgIpc) is 2.03. The van der Waals surface area contributed by atoms with Crippen LogP contribution in [0.3, 0.4) is 0 Å². The minimum absolute atomic E-state index is 0.153. The van der Waals surface area contributed by atoms with Crippen molar-refractivity contribution in [1.82, 2.24) is 4.90 Å². The lowest BCUT2D eigenvalue weighted by molar-refractivity contribution is -0.128. The maximum atomic E-state index is 10.8. The maximum Gasteiger partial charge on any atom is 0.222 e. The molecule has 0 aliphatic heterocycles. The monoisotopic (exact) mass is 160 g/mol. The summed E-state index contributed by atoms with van der Waals surface area (Å²) in [5.74, 6) is 0.153. The third-order valence-corrected chi connectivity index (χ3v) is 1.09. The molecule has 0 bridgehead atoms. The van der Waals surface area contributed by atoms with Crippen LogP contribution in [0.15, 0.2) is 0 Å². The zero-order valence-corrected chi connectivity index (χ0v) is 8.05. The van der Waals surface area contributed by atoms with Crippen molar-refractivity contribution in [3.05, 3.63) is 0 Å². The van der Waals surface area contributed by atoms with Crippen molar-refractivity contribution in [3.63, 3.8) is 0 Å². The lowest BCUT2D eigenvalue weighted by Gasteiger charge is -2.08. The summed E-state index contributed by atoms with van der Waals surface area (Å²) in [6, 6.07) is 0. The summed E-state index contributed by atoms with van der Waals surface area (Å²) >= 11 is 0. The van der Waals surface area contributed by atoms with Gasteiger partial charge in [0.2, 0.25) is 5.91 Å². The van der Waals surface area contributed by atoms with E-state index in [1.54, 1.807) is 19.0 Å². The van der Waals surface area contributed by atoms with Gasteiger partial charge in [-0.2, -0.15) is 0 Å². The van der Waals surface area contributed by atoms with E-state index in [1.165, 1.54) is 0 Å². The molecule has 0 unspecified atom stereocenters. The van der Waals surface area contributed by atoms with Gasteiger partial charge in [-0.3, -0.25) is 4.79 Å². The van der Waals surface area contributed by atoms with Gasteiger partial charge in [0.1, 0.15) is 0 Å². The van der Waals surface area contributed by atoms with E-state index in [9.17, 15) is 4.79 Å². The number of rotatable bonds is 3. The number of nitrogens with two attached hydrogens (primary N) is 1. The van der Waals surface area contributed by atoms with E-state index in [1.807, 2.05) is 13.8 Å². The number of hydrogen-bond acceptors (Lipinski definition) is 2. The summed E-state index contributed by atoms with van der Waals surface area (Å²) in [6.07, 6.45) is 1.36. The van der Waals surface area contributed by atoms with Gasteiger partial charge in [0.15, 0.2) is 0 Å². The van der Waals surface area contributed by atoms with Gasteiger partial charge in [-0.05, 0) is 13.0 Å². The Morgan fingerprint density at radius 1 is 1.36 bits per heavy atom. The van der Waals surface area contributed by atoms with Crippen LogP contribution in [-0.2, 0) is 4.79 Å². The molecule has 0 heterocycles. The van der Waals surface area contributed by atoms with Crippen molar-refractivity contribution < 1.29 is 4.79 Å². The topological polar surface area (TPSA) is 46.3 Å². The van der Waals surface area contributed by atoms with Crippen LogP contribution in [0, 0.1) is 0 Å². The second-order valence-corrected chi connectivity index (χ2v) is 2.18. The minimum Gasteiger partial charge on any atom is -0.349 e. The summed E-state index contributed by atoms with van der Waals surface area (Å²) < 4.78 is 0. The fourth-order valence-corrected chi connectivity index (χ4v) is 0.477. The van der Waals surface area contributed by atoms with Crippen LogP contribution in [0.2, 0.25) is 0 Å². The van der Waals surface area contributed by atoms with Gasteiger partial charge in [0, 0.05) is 20.5 Å². The first kappa shape index (κ1) is 13.1. The summed E-state index contributed by atoms with van der Waals surface area (Å²) in [5, 5.41) is 0. The molecule has 0 fully saturated rings. The second kappa shape index (κ2) is 9.43. The van der Waals surface area contributed by atoms with Crippen molar-refractivity contribution in [1.29, 1.82) is 0 Å². The fraction of sp³-hybridized carbons (Fsp3) is 0.875. The predicted octanol–water partition coefficient (Wildman–Crippen LogP) is 0.840. The van der Waals surface area contributed by atoms with Gasteiger partial charge in [0.25, 0.3) is 0 Å². The van der Waals surface area contributed by atoms with Gasteiger partial charge >= 0.3 is 0 Å². The zero-order chi connectivity index (χ0) is 9.28. The molecule has 0 rings (SSSR count). The average molecular weight is 160 g/mol. The Hall–Kier alpha value is -0.570. The number of nitrogens with zero attached hydrogens (tertiary/aromatic N) is 1. The third-order valence-electron chi connectivity index (χ3n) is 1.09. The molecule has 0 aliphatic carbocycles. The highest BCUT2D eigenvalue weighted by Crippen LogP contribution is 1.89. The van der Waals surface area contributed by atoms with E-state index in [0.717, 1.165) is 6.42 Å². The number of amides is 1. The van der Waals surface area contributed by atoms with Crippen LogP contribution in [-0.4, -0.2) is 31.4 Å². The van der Waals surface area contributed by atoms with Crippen LogP contribution in [0.4, 0.5) is 0 Å². The Bertz CT molecular complexity index is 92.1. The first-order valence-corrected chi connectivity index (χ1v) is 4.08. The summed E-state index contributed by atoms with van der Waals surface area (Å²) in [5.41, 5.74) is 5.21. The molecule has 3 nitrogen and oxygen atoms in total. The summed E-state index contributed by atoms with van der Waals surface area (Å²) in [4.78, 5) is 12.4. The van der Waals surface area contributed by atoms with Gasteiger partial charge in [-0.25, -0.2) is 0 Å². The Kier molecular flexibility index (Phi) is 11.2. The van der Waals surface area contributed by atoms with Gasteiger partial charge in [-0.15, -0.1) is 0 Å². The molecule has 11 heavy (non-hydrogen) atoms. The Morgan fingerprint density at radius 3 is 2.09 bits per heavy atom. The SMILES string of the molecule is CC.CN(C)C(=O)CCCN. The highest BCUT2D eigenvalue weighted by atomic mass is 16.2. The van der Waals surface area contributed by atoms with Gasteiger partial charge in [0.05, 0.1) is 0 Å². The Morgan fingerprint density at radius 2 is 1.82 bits per heavy atom. The van der Waals surface area contributed by atoms with Crippen molar-refractivity contribution in [2.75, 3.05) is 20.6 Å². The minimum atomic E-state index is 0.153. The van der Waals surface area contributed by atoms with E-state index >= 15 is 0 Å². The molecule has 3 heteroatoms. The van der Waals surface area contributed by atoms with Gasteiger partial charge in [-0.1, -0.05) is 13.8 Å². The molecule has 0 radical (unpaired) electrons. The Labute approximate surface area is 69.6 Å². The van der Waals surface area contributed by atoms with Gasteiger partial charge < -0.3 is 10.6 Å². The van der Waals surface area contributed by atoms with Crippen LogP contribution < -0.4 is 5.73 Å². The Balaban J connectivity index is 0. The molecule has 68 valence electrons. The molecule has 0 aromatic carbocycles. The molecule has 2 N–H and O–H groups in total. The van der Waals surface area contributed by atoms with E-state index in [0.29, 0.717) is 13.0 Å². The molecule has 0 aromatic heterocycles. The van der Waals surface area contributed by atoms with Crippen LogP contribution in [0.25, 0.3) is 0 Å². The van der Waals surface area contributed by atoms with Crippen molar-refractivity contribution in [2.24, 2.45) is 5.73 Å². The van der Waals surface area contributed by atoms with Crippen molar-refractivity contribution in [3.8, 4) is 0 Å². The third kappa shape index (κ3) is 9.43. The van der Waals surface area contributed by atoms with E-state index < -0.39 is 0 Å². The molecular formula is C8H20N2O. The standard InChI is InChI=1S/C6H14N2O.C2H6/c1-8(2)6(9)4-3-5-7;1-2/h3-5,7H2,1-2H3;1-2H3. The number of carbonyl (C=O) groups excluding carboxylic acids is 1. The lowest BCUT2D eigenvalue weighted by atomic mass is 10.3. The highest BCUT2D eigenvalue weighted by Gasteiger charge is 2.00. The molecular weight excluding hydrogens is 140 g/mol. The van der Waals surface area contributed by atoms with Crippen LogP contribution in [0.1, 0.15) is 26.7 Å². The van der Waals surface area contributed by atoms with Crippen molar-refractivity contribution in [2.45, 2.75) is 26.7 Å². The molecule has 1 amide bonds. The number of hydrogen-bond donors (Lipinski definition) is 1.